The minimum Gasteiger partial charge on any atom is -0.462 e. The fourth-order valence-electron chi connectivity index (χ4n) is 5.77. The molecule has 0 N–H and O–H groups in total. The normalized spacial score (nSPS) is 22.3. The van der Waals surface area contributed by atoms with Gasteiger partial charge in [-0.1, -0.05) is 24.6 Å². The number of hydrogen-bond donors (Lipinski definition) is 0. The van der Waals surface area contributed by atoms with Crippen LogP contribution in [-0.2, 0) is 11.3 Å². The first-order valence-corrected chi connectivity index (χ1v) is 13.1. The van der Waals surface area contributed by atoms with Gasteiger partial charge in [-0.15, -0.1) is 0 Å². The van der Waals surface area contributed by atoms with E-state index >= 15 is 0 Å². The zero-order valence-corrected chi connectivity index (χ0v) is 20.7. The van der Waals surface area contributed by atoms with Crippen molar-refractivity contribution in [2.75, 3.05) is 56.1 Å². The van der Waals surface area contributed by atoms with Gasteiger partial charge in [0.2, 0.25) is 5.79 Å². The van der Waals surface area contributed by atoms with Crippen LogP contribution in [0.5, 0.6) is 5.75 Å². The van der Waals surface area contributed by atoms with Crippen LogP contribution >= 0.6 is 0 Å². The van der Waals surface area contributed by atoms with Crippen LogP contribution in [0.3, 0.4) is 0 Å². The zero-order valence-electron chi connectivity index (χ0n) is 20.7. The number of ether oxygens (including phenoxy) is 2. The molecule has 4 aliphatic rings. The molecule has 2 aromatic carbocycles. The third-order valence-corrected chi connectivity index (χ3v) is 8.33. The second kappa shape index (κ2) is 9.36. The standard InChI is InChI=1S/C28H36N4O3/c1-29(23-6-3-2-4-7-23)27(33)32-18-16-31(17-19-32)25-10-11-26-22(20-25)21-34-28(35-26)12-14-30(15-13-28)24-8-5-9-24/h2-4,6-7,10-11,20,24H,5,8-9,12-19,21H2,1H3. The monoisotopic (exact) mass is 476 g/mol. The van der Waals surface area contributed by atoms with Crippen molar-refractivity contribution < 1.29 is 14.3 Å². The fourth-order valence-corrected chi connectivity index (χ4v) is 5.77. The highest BCUT2D eigenvalue weighted by molar-refractivity contribution is 5.91. The molecule has 2 amide bonds. The number of anilines is 2. The second-order valence-corrected chi connectivity index (χ2v) is 10.4. The number of carbonyl (C=O) groups is 1. The van der Waals surface area contributed by atoms with Crippen LogP contribution in [0.4, 0.5) is 16.2 Å². The Labute approximate surface area is 208 Å². The summed E-state index contributed by atoms with van der Waals surface area (Å²) in [5.41, 5.74) is 3.22. The van der Waals surface area contributed by atoms with Gasteiger partial charge in [0.1, 0.15) is 5.75 Å². The Bertz CT molecular complexity index is 1040. The summed E-state index contributed by atoms with van der Waals surface area (Å²) in [7, 11) is 1.84. The molecule has 35 heavy (non-hydrogen) atoms. The van der Waals surface area contributed by atoms with Gasteiger partial charge in [-0.2, -0.15) is 0 Å². The Morgan fingerprint density at radius 3 is 2.40 bits per heavy atom. The number of urea groups is 1. The summed E-state index contributed by atoms with van der Waals surface area (Å²) >= 11 is 0. The molecule has 6 rings (SSSR count). The Hall–Kier alpha value is -2.77. The van der Waals surface area contributed by atoms with Crippen molar-refractivity contribution in [3.63, 3.8) is 0 Å². The van der Waals surface area contributed by atoms with E-state index in [9.17, 15) is 4.79 Å². The maximum absolute atomic E-state index is 13.0. The average molecular weight is 477 g/mol. The highest BCUT2D eigenvalue weighted by Gasteiger charge is 2.42. The lowest BCUT2D eigenvalue weighted by Crippen LogP contribution is -2.54. The number of para-hydroxylation sites is 1. The summed E-state index contributed by atoms with van der Waals surface area (Å²) < 4.78 is 12.8. The maximum Gasteiger partial charge on any atom is 0.324 e. The summed E-state index contributed by atoms with van der Waals surface area (Å²) in [6.45, 7) is 5.79. The van der Waals surface area contributed by atoms with Crippen molar-refractivity contribution >= 4 is 17.4 Å². The molecule has 0 aromatic heterocycles. The molecular formula is C28H36N4O3. The van der Waals surface area contributed by atoms with E-state index in [0.717, 1.165) is 62.1 Å². The number of carbonyl (C=O) groups excluding carboxylic acids is 1. The maximum atomic E-state index is 13.0. The predicted octanol–water partition coefficient (Wildman–Crippen LogP) is 4.32. The number of nitrogens with zero attached hydrogens (tertiary/aromatic N) is 4. The first-order valence-electron chi connectivity index (χ1n) is 13.1. The Morgan fingerprint density at radius 2 is 1.71 bits per heavy atom. The fraction of sp³-hybridized carbons (Fsp3) is 0.536. The van der Waals surface area contributed by atoms with Crippen LogP contribution in [0.1, 0.15) is 37.7 Å². The van der Waals surface area contributed by atoms with Gasteiger partial charge in [-0.25, -0.2) is 4.79 Å². The van der Waals surface area contributed by atoms with Crippen LogP contribution in [0, 0.1) is 0 Å². The van der Waals surface area contributed by atoms with Crippen LogP contribution in [0.2, 0.25) is 0 Å². The number of hydrogen-bond acceptors (Lipinski definition) is 5. The minimum atomic E-state index is -0.453. The van der Waals surface area contributed by atoms with E-state index in [1.165, 1.54) is 24.9 Å². The number of fused-ring (bicyclic) bond motifs is 1. The van der Waals surface area contributed by atoms with Crippen LogP contribution in [-0.4, -0.2) is 74.0 Å². The molecule has 0 atom stereocenters. The van der Waals surface area contributed by atoms with Gasteiger partial charge in [-0.3, -0.25) is 9.80 Å². The van der Waals surface area contributed by atoms with Gasteiger partial charge in [0, 0.05) is 82.1 Å². The number of likely N-dealkylation sites (tertiary alicyclic amines) is 1. The van der Waals surface area contributed by atoms with Crippen molar-refractivity contribution in [2.24, 2.45) is 0 Å². The summed E-state index contributed by atoms with van der Waals surface area (Å²) in [4.78, 5) is 21.6. The number of rotatable bonds is 3. The van der Waals surface area contributed by atoms with E-state index in [1.54, 1.807) is 4.90 Å². The van der Waals surface area contributed by atoms with Crippen molar-refractivity contribution in [2.45, 2.75) is 50.5 Å². The highest BCUT2D eigenvalue weighted by atomic mass is 16.7. The van der Waals surface area contributed by atoms with E-state index in [4.69, 9.17) is 9.47 Å². The molecule has 186 valence electrons. The molecule has 3 fully saturated rings. The first-order chi connectivity index (χ1) is 17.1. The Kier molecular flexibility index (Phi) is 6.06. The Balaban J connectivity index is 1.05. The topological polar surface area (TPSA) is 48.5 Å². The molecule has 2 saturated heterocycles. The van der Waals surface area contributed by atoms with Gasteiger partial charge in [0.25, 0.3) is 0 Å². The first kappa shape index (κ1) is 22.7. The SMILES string of the molecule is CN(C(=O)N1CCN(c2ccc3c(c2)COC2(CCN(C4CCC4)CC2)O3)CC1)c1ccccc1. The number of piperazine rings is 1. The lowest BCUT2D eigenvalue weighted by Gasteiger charge is -2.47. The van der Waals surface area contributed by atoms with E-state index in [1.807, 2.05) is 42.3 Å². The molecule has 3 heterocycles. The second-order valence-electron chi connectivity index (χ2n) is 10.4. The summed E-state index contributed by atoms with van der Waals surface area (Å²) in [6.07, 6.45) is 5.97. The molecule has 1 spiro atoms. The average Bonchev–Trinajstić information content (AvgIpc) is 2.88. The highest BCUT2D eigenvalue weighted by Crippen LogP contribution is 2.40. The van der Waals surface area contributed by atoms with Crippen molar-refractivity contribution in [1.29, 1.82) is 0 Å². The summed E-state index contributed by atoms with van der Waals surface area (Å²) in [6, 6.07) is 17.1. The molecule has 0 bridgehead atoms. The summed E-state index contributed by atoms with van der Waals surface area (Å²) in [5, 5.41) is 0. The lowest BCUT2D eigenvalue weighted by atomic mass is 9.89. The zero-order chi connectivity index (χ0) is 23.8. The number of piperidine rings is 1. The van der Waals surface area contributed by atoms with Crippen LogP contribution in [0.15, 0.2) is 48.5 Å². The van der Waals surface area contributed by atoms with Crippen LogP contribution in [0.25, 0.3) is 0 Å². The minimum absolute atomic E-state index is 0.0525. The van der Waals surface area contributed by atoms with Gasteiger partial charge in [0.05, 0.1) is 6.61 Å². The third kappa shape index (κ3) is 4.47. The van der Waals surface area contributed by atoms with Gasteiger partial charge in [-0.05, 0) is 43.2 Å². The van der Waals surface area contributed by atoms with E-state index < -0.39 is 5.79 Å². The molecular weight excluding hydrogens is 440 g/mol. The van der Waals surface area contributed by atoms with Crippen molar-refractivity contribution in [3.05, 3.63) is 54.1 Å². The van der Waals surface area contributed by atoms with E-state index in [2.05, 4.69) is 28.0 Å². The predicted molar refractivity (Wildman–Crippen MR) is 137 cm³/mol. The van der Waals surface area contributed by atoms with Crippen LogP contribution < -0.4 is 14.5 Å². The smallest absolute Gasteiger partial charge is 0.324 e. The molecule has 0 radical (unpaired) electrons. The Morgan fingerprint density at radius 1 is 0.971 bits per heavy atom. The molecule has 1 aliphatic carbocycles. The van der Waals surface area contributed by atoms with Gasteiger partial charge in [0.15, 0.2) is 0 Å². The van der Waals surface area contributed by atoms with Crippen molar-refractivity contribution in [1.82, 2.24) is 9.80 Å². The van der Waals surface area contributed by atoms with E-state index in [0.29, 0.717) is 19.7 Å². The number of amides is 2. The molecule has 1 saturated carbocycles. The summed E-state index contributed by atoms with van der Waals surface area (Å²) in [5.74, 6) is 0.515. The molecule has 7 heteroatoms. The van der Waals surface area contributed by atoms with Gasteiger partial charge < -0.3 is 19.3 Å². The quantitative estimate of drug-likeness (QED) is 0.661. The van der Waals surface area contributed by atoms with E-state index in [-0.39, 0.29) is 6.03 Å². The van der Waals surface area contributed by atoms with Crippen molar-refractivity contribution in [3.8, 4) is 5.75 Å². The molecule has 3 aliphatic heterocycles. The number of benzene rings is 2. The molecule has 7 nitrogen and oxygen atoms in total. The van der Waals surface area contributed by atoms with Gasteiger partial charge >= 0.3 is 6.03 Å². The third-order valence-electron chi connectivity index (χ3n) is 8.33. The molecule has 0 unspecified atom stereocenters. The lowest BCUT2D eigenvalue weighted by molar-refractivity contribution is -0.231. The largest absolute Gasteiger partial charge is 0.462 e. The molecule has 2 aromatic rings.